The van der Waals surface area contributed by atoms with Crippen molar-refractivity contribution in [3.63, 3.8) is 0 Å². The zero-order valence-electron chi connectivity index (χ0n) is 17.1. The Labute approximate surface area is 175 Å². The van der Waals surface area contributed by atoms with Crippen LogP contribution in [0.3, 0.4) is 0 Å². The highest BCUT2D eigenvalue weighted by atomic mass is 16.1. The maximum Gasteiger partial charge on any atom is 0.255 e. The molecule has 2 aliphatic rings. The van der Waals surface area contributed by atoms with E-state index in [1.165, 1.54) is 6.42 Å². The molecule has 0 bridgehead atoms. The standard InChI is InChI=1S/C23H26N6O/c1-2-14-9-17(10-14)27-23(30)18-13-25-22(11-20(18)26-16-4-5-16)29-21-6-3-15-12-24-8-7-19(15)28-21/h3,6-8,11-14,16-17H,2,4-5,9-10H2,1H3,(H,27,30)(H2,25,26,28,29). The molecular formula is C23H26N6O. The summed E-state index contributed by atoms with van der Waals surface area (Å²) in [6, 6.07) is 8.38. The van der Waals surface area contributed by atoms with Crippen molar-refractivity contribution in [2.24, 2.45) is 5.92 Å². The lowest BCUT2D eigenvalue weighted by molar-refractivity contribution is 0.0888. The second-order valence-electron chi connectivity index (χ2n) is 8.34. The van der Waals surface area contributed by atoms with Gasteiger partial charge in [0, 0.05) is 42.1 Å². The van der Waals surface area contributed by atoms with Crippen molar-refractivity contribution in [2.45, 2.75) is 51.1 Å². The Bertz CT molecular complexity index is 1070. The highest BCUT2D eigenvalue weighted by Crippen LogP contribution is 2.32. The van der Waals surface area contributed by atoms with E-state index in [2.05, 4.69) is 37.8 Å². The van der Waals surface area contributed by atoms with Crippen LogP contribution >= 0.6 is 0 Å². The molecule has 3 N–H and O–H groups in total. The predicted molar refractivity (Wildman–Crippen MR) is 118 cm³/mol. The van der Waals surface area contributed by atoms with E-state index in [-0.39, 0.29) is 11.9 Å². The minimum Gasteiger partial charge on any atom is -0.382 e. The Kier molecular flexibility index (Phi) is 4.94. The van der Waals surface area contributed by atoms with Crippen molar-refractivity contribution in [2.75, 3.05) is 10.6 Å². The summed E-state index contributed by atoms with van der Waals surface area (Å²) in [5.74, 6) is 2.06. The first kappa shape index (κ1) is 18.8. The fourth-order valence-corrected chi connectivity index (χ4v) is 3.89. The lowest BCUT2D eigenvalue weighted by Crippen LogP contribution is -2.44. The third-order valence-corrected chi connectivity index (χ3v) is 5.98. The van der Waals surface area contributed by atoms with E-state index in [1.807, 2.05) is 24.3 Å². The molecule has 3 heterocycles. The summed E-state index contributed by atoms with van der Waals surface area (Å²) < 4.78 is 0. The molecule has 1 amide bonds. The number of nitrogens with one attached hydrogen (secondary N) is 3. The van der Waals surface area contributed by atoms with E-state index < -0.39 is 0 Å². The maximum absolute atomic E-state index is 12.9. The molecule has 2 fully saturated rings. The quantitative estimate of drug-likeness (QED) is 0.547. The molecule has 0 aliphatic heterocycles. The van der Waals surface area contributed by atoms with Crippen molar-refractivity contribution in [1.29, 1.82) is 0 Å². The molecule has 0 unspecified atom stereocenters. The number of carbonyl (C=O) groups is 1. The fraction of sp³-hybridized carbons (Fsp3) is 0.391. The van der Waals surface area contributed by atoms with Gasteiger partial charge in [0.1, 0.15) is 11.6 Å². The summed E-state index contributed by atoms with van der Waals surface area (Å²) in [5.41, 5.74) is 2.29. The van der Waals surface area contributed by atoms with Crippen molar-refractivity contribution in [1.82, 2.24) is 20.3 Å². The number of nitrogens with zero attached hydrogens (tertiary/aromatic N) is 3. The van der Waals surface area contributed by atoms with Gasteiger partial charge in [-0.2, -0.15) is 0 Å². The lowest BCUT2D eigenvalue weighted by atomic mass is 9.78. The summed E-state index contributed by atoms with van der Waals surface area (Å²) in [4.78, 5) is 26.1. The number of amides is 1. The number of aromatic nitrogens is 3. The number of rotatable bonds is 7. The van der Waals surface area contributed by atoms with E-state index in [0.29, 0.717) is 23.2 Å². The highest BCUT2D eigenvalue weighted by Gasteiger charge is 2.30. The number of hydrogen-bond donors (Lipinski definition) is 3. The fourth-order valence-electron chi connectivity index (χ4n) is 3.89. The molecule has 7 heteroatoms. The first-order valence-corrected chi connectivity index (χ1v) is 10.7. The average Bonchev–Trinajstić information content (AvgIpc) is 3.54. The minimum atomic E-state index is -0.0481. The zero-order chi connectivity index (χ0) is 20.5. The van der Waals surface area contributed by atoms with Crippen LogP contribution in [0.25, 0.3) is 10.9 Å². The summed E-state index contributed by atoms with van der Waals surface area (Å²) in [6.07, 6.45) is 10.8. The van der Waals surface area contributed by atoms with Crippen LogP contribution < -0.4 is 16.0 Å². The molecule has 7 nitrogen and oxygen atoms in total. The summed E-state index contributed by atoms with van der Waals surface area (Å²) in [5, 5.41) is 10.9. The SMILES string of the molecule is CCC1CC(NC(=O)c2cnc(Nc3ccc4cnccc4n3)cc2NC2CC2)C1. The molecule has 5 rings (SSSR count). The average molecular weight is 403 g/mol. The van der Waals surface area contributed by atoms with Gasteiger partial charge in [0.15, 0.2) is 0 Å². The van der Waals surface area contributed by atoms with E-state index in [9.17, 15) is 4.79 Å². The number of fused-ring (bicyclic) bond motifs is 1. The Morgan fingerprint density at radius 2 is 1.97 bits per heavy atom. The minimum absolute atomic E-state index is 0.0481. The lowest BCUT2D eigenvalue weighted by Gasteiger charge is -2.35. The van der Waals surface area contributed by atoms with Gasteiger partial charge >= 0.3 is 0 Å². The molecule has 2 aliphatic carbocycles. The molecule has 154 valence electrons. The smallest absolute Gasteiger partial charge is 0.255 e. The summed E-state index contributed by atoms with van der Waals surface area (Å²) >= 11 is 0. The van der Waals surface area contributed by atoms with Crippen LogP contribution in [0.2, 0.25) is 0 Å². The highest BCUT2D eigenvalue weighted by molar-refractivity contribution is 6.00. The molecule has 0 spiro atoms. The van der Waals surface area contributed by atoms with Gasteiger partial charge in [-0.3, -0.25) is 9.78 Å². The van der Waals surface area contributed by atoms with Crippen molar-refractivity contribution in [3.8, 4) is 0 Å². The molecular weight excluding hydrogens is 376 g/mol. The van der Waals surface area contributed by atoms with Crippen LogP contribution in [0.4, 0.5) is 17.3 Å². The summed E-state index contributed by atoms with van der Waals surface area (Å²) in [6.45, 7) is 2.21. The third kappa shape index (κ3) is 4.06. The normalized spacial score (nSPS) is 20.4. The van der Waals surface area contributed by atoms with Crippen LogP contribution in [-0.4, -0.2) is 32.9 Å². The first-order valence-electron chi connectivity index (χ1n) is 10.7. The number of carbonyl (C=O) groups excluding carboxylic acids is 1. The monoisotopic (exact) mass is 402 g/mol. The van der Waals surface area contributed by atoms with Crippen molar-refractivity contribution in [3.05, 3.63) is 48.4 Å². The van der Waals surface area contributed by atoms with E-state index in [4.69, 9.17) is 0 Å². The topological polar surface area (TPSA) is 91.8 Å². The van der Waals surface area contributed by atoms with Gasteiger partial charge in [-0.25, -0.2) is 9.97 Å². The second kappa shape index (κ2) is 7.89. The summed E-state index contributed by atoms with van der Waals surface area (Å²) in [7, 11) is 0. The predicted octanol–water partition coefficient (Wildman–Crippen LogP) is 4.26. The zero-order valence-corrected chi connectivity index (χ0v) is 17.1. The van der Waals surface area contributed by atoms with Gasteiger partial charge in [0.05, 0.1) is 16.8 Å². The van der Waals surface area contributed by atoms with Gasteiger partial charge in [-0.15, -0.1) is 0 Å². The third-order valence-electron chi connectivity index (χ3n) is 5.98. The van der Waals surface area contributed by atoms with Gasteiger partial charge in [-0.05, 0) is 49.8 Å². The molecule has 0 atom stereocenters. The first-order chi connectivity index (χ1) is 14.7. The van der Waals surface area contributed by atoms with Gasteiger partial charge in [0.2, 0.25) is 0 Å². The molecule has 0 aromatic carbocycles. The number of pyridine rings is 3. The Hall–Kier alpha value is -3.22. The maximum atomic E-state index is 12.9. The van der Waals surface area contributed by atoms with Gasteiger partial charge in [-0.1, -0.05) is 13.3 Å². The van der Waals surface area contributed by atoms with Crippen LogP contribution in [0.5, 0.6) is 0 Å². The molecule has 3 aromatic heterocycles. The van der Waals surface area contributed by atoms with Gasteiger partial charge < -0.3 is 16.0 Å². The van der Waals surface area contributed by atoms with E-state index >= 15 is 0 Å². The Morgan fingerprint density at radius 1 is 1.10 bits per heavy atom. The van der Waals surface area contributed by atoms with E-state index in [1.54, 1.807) is 18.6 Å². The number of anilines is 3. The largest absolute Gasteiger partial charge is 0.382 e. The van der Waals surface area contributed by atoms with Crippen LogP contribution in [0, 0.1) is 5.92 Å². The molecule has 3 aromatic rings. The van der Waals surface area contributed by atoms with Crippen molar-refractivity contribution >= 4 is 34.1 Å². The van der Waals surface area contributed by atoms with Crippen LogP contribution in [0.1, 0.15) is 49.4 Å². The van der Waals surface area contributed by atoms with Crippen LogP contribution in [0.15, 0.2) is 42.9 Å². The van der Waals surface area contributed by atoms with E-state index in [0.717, 1.165) is 48.2 Å². The molecule has 2 saturated carbocycles. The van der Waals surface area contributed by atoms with Crippen molar-refractivity contribution < 1.29 is 4.79 Å². The Morgan fingerprint density at radius 3 is 2.77 bits per heavy atom. The Balaban J connectivity index is 1.34. The number of hydrogen-bond acceptors (Lipinski definition) is 6. The molecule has 0 saturated heterocycles. The van der Waals surface area contributed by atoms with Gasteiger partial charge in [0.25, 0.3) is 5.91 Å². The van der Waals surface area contributed by atoms with Crippen LogP contribution in [-0.2, 0) is 0 Å². The molecule has 30 heavy (non-hydrogen) atoms. The molecule has 0 radical (unpaired) electrons. The second-order valence-corrected chi connectivity index (χ2v) is 8.34.